The third-order valence-electron chi connectivity index (χ3n) is 5.60. The lowest BCUT2D eigenvalue weighted by molar-refractivity contribution is 0.0697. The van der Waals surface area contributed by atoms with E-state index in [1.807, 2.05) is 12.1 Å². The standard InChI is InChI=1S/C23H22F2N4O2/c1-28-22(30)10-9-21(27-28)23(31)29-11-3-4-16(14-29)20-8-7-15(13-26-20)12-17-18(24)5-2-6-19(17)25/h2,5-10,13,16H,3-4,11-12,14H2,1H3/t16-/m0/s1. The Kier molecular flexibility index (Phi) is 5.88. The molecule has 0 unspecified atom stereocenters. The molecule has 3 aromatic rings. The summed E-state index contributed by atoms with van der Waals surface area (Å²) in [4.78, 5) is 30.6. The molecule has 6 nitrogen and oxygen atoms in total. The van der Waals surface area contributed by atoms with Gasteiger partial charge in [0, 0.05) is 56.0 Å². The predicted molar refractivity (Wildman–Crippen MR) is 111 cm³/mol. The molecule has 1 saturated heterocycles. The number of hydrogen-bond acceptors (Lipinski definition) is 4. The van der Waals surface area contributed by atoms with Crippen LogP contribution < -0.4 is 5.56 Å². The summed E-state index contributed by atoms with van der Waals surface area (Å²) in [5.41, 5.74) is 1.54. The first-order valence-electron chi connectivity index (χ1n) is 10.1. The van der Waals surface area contributed by atoms with Crippen molar-refractivity contribution in [3.63, 3.8) is 0 Å². The molecule has 0 saturated carbocycles. The number of piperidine rings is 1. The summed E-state index contributed by atoms with van der Waals surface area (Å²) in [5.74, 6) is -1.30. The van der Waals surface area contributed by atoms with Gasteiger partial charge in [-0.3, -0.25) is 14.6 Å². The van der Waals surface area contributed by atoms with Crippen molar-refractivity contribution in [3.05, 3.63) is 93.2 Å². The van der Waals surface area contributed by atoms with Crippen molar-refractivity contribution >= 4 is 5.91 Å². The van der Waals surface area contributed by atoms with E-state index in [9.17, 15) is 18.4 Å². The van der Waals surface area contributed by atoms with E-state index in [-0.39, 0.29) is 35.1 Å². The quantitative estimate of drug-likeness (QED) is 0.646. The Morgan fingerprint density at radius 1 is 1.13 bits per heavy atom. The Labute approximate surface area is 178 Å². The van der Waals surface area contributed by atoms with E-state index < -0.39 is 11.6 Å². The third-order valence-corrected chi connectivity index (χ3v) is 5.60. The number of carbonyl (C=O) groups excluding carboxylic acids is 1. The summed E-state index contributed by atoms with van der Waals surface area (Å²) in [6.07, 6.45) is 3.47. The van der Waals surface area contributed by atoms with Crippen LogP contribution in [-0.4, -0.2) is 38.7 Å². The van der Waals surface area contributed by atoms with E-state index in [1.165, 1.54) is 37.4 Å². The maximum absolute atomic E-state index is 13.9. The second-order valence-electron chi connectivity index (χ2n) is 7.74. The largest absolute Gasteiger partial charge is 0.337 e. The monoisotopic (exact) mass is 424 g/mol. The molecule has 0 bridgehead atoms. The van der Waals surface area contributed by atoms with Gasteiger partial charge in [-0.15, -0.1) is 0 Å². The SMILES string of the molecule is Cn1nc(C(=O)N2CCC[C@H](c3ccc(Cc4c(F)cccc4F)cn3)C2)ccc1=O. The fourth-order valence-corrected chi connectivity index (χ4v) is 3.87. The first-order valence-corrected chi connectivity index (χ1v) is 10.1. The number of likely N-dealkylation sites (tertiary alicyclic amines) is 1. The molecule has 8 heteroatoms. The molecule has 2 aromatic heterocycles. The zero-order valence-corrected chi connectivity index (χ0v) is 17.1. The maximum Gasteiger partial charge on any atom is 0.274 e. The lowest BCUT2D eigenvalue weighted by atomic mass is 9.93. The van der Waals surface area contributed by atoms with E-state index in [4.69, 9.17) is 0 Å². The maximum atomic E-state index is 13.9. The Hall–Kier alpha value is -3.42. The number of hydrogen-bond donors (Lipinski definition) is 0. The molecule has 0 aliphatic carbocycles. The highest BCUT2D eigenvalue weighted by Gasteiger charge is 2.27. The summed E-state index contributed by atoms with van der Waals surface area (Å²) in [6.45, 7) is 1.11. The van der Waals surface area contributed by atoms with Crippen LogP contribution in [0.25, 0.3) is 0 Å². The van der Waals surface area contributed by atoms with Crippen LogP contribution in [0.3, 0.4) is 0 Å². The lowest BCUT2D eigenvalue weighted by Gasteiger charge is -2.32. The van der Waals surface area contributed by atoms with Crippen LogP contribution in [-0.2, 0) is 13.5 Å². The molecule has 1 fully saturated rings. The zero-order chi connectivity index (χ0) is 22.0. The highest BCUT2D eigenvalue weighted by atomic mass is 19.1. The van der Waals surface area contributed by atoms with E-state index in [0.29, 0.717) is 18.7 Å². The minimum absolute atomic E-state index is 0.0243. The van der Waals surface area contributed by atoms with Gasteiger partial charge in [0.2, 0.25) is 0 Å². The van der Waals surface area contributed by atoms with Crippen LogP contribution in [0, 0.1) is 11.6 Å². The van der Waals surface area contributed by atoms with Crippen molar-refractivity contribution in [2.45, 2.75) is 25.2 Å². The number of halogens is 2. The van der Waals surface area contributed by atoms with Gasteiger partial charge in [0.15, 0.2) is 0 Å². The molecule has 160 valence electrons. The summed E-state index contributed by atoms with van der Waals surface area (Å²) in [7, 11) is 1.51. The minimum atomic E-state index is -0.572. The molecular weight excluding hydrogens is 402 g/mol. The number of pyridine rings is 1. The van der Waals surface area contributed by atoms with Gasteiger partial charge in [-0.05, 0) is 42.7 Å². The fourth-order valence-electron chi connectivity index (χ4n) is 3.87. The van der Waals surface area contributed by atoms with Gasteiger partial charge < -0.3 is 4.90 Å². The molecule has 1 aliphatic heterocycles. The van der Waals surface area contributed by atoms with Crippen molar-refractivity contribution in [2.24, 2.45) is 7.05 Å². The molecule has 1 atom stereocenters. The summed E-state index contributed by atoms with van der Waals surface area (Å²) < 4.78 is 28.9. The zero-order valence-electron chi connectivity index (χ0n) is 17.1. The third kappa shape index (κ3) is 4.52. The first kappa shape index (κ1) is 20.8. The molecular formula is C23H22F2N4O2. The van der Waals surface area contributed by atoms with Crippen LogP contribution in [0.2, 0.25) is 0 Å². The number of benzene rings is 1. The molecule has 3 heterocycles. The number of carbonyl (C=O) groups is 1. The van der Waals surface area contributed by atoms with E-state index in [1.54, 1.807) is 11.1 Å². The number of nitrogens with zero attached hydrogens (tertiary/aromatic N) is 4. The first-order chi connectivity index (χ1) is 14.9. The second kappa shape index (κ2) is 8.75. The fraction of sp³-hybridized carbons (Fsp3) is 0.304. The van der Waals surface area contributed by atoms with E-state index >= 15 is 0 Å². The van der Waals surface area contributed by atoms with Crippen LogP contribution in [0.5, 0.6) is 0 Å². The molecule has 0 radical (unpaired) electrons. The number of amides is 1. The topological polar surface area (TPSA) is 68.1 Å². The summed E-state index contributed by atoms with van der Waals surface area (Å²) >= 11 is 0. The van der Waals surface area contributed by atoms with Crippen molar-refractivity contribution in [1.29, 1.82) is 0 Å². The van der Waals surface area contributed by atoms with Crippen LogP contribution in [0.1, 0.15) is 46.1 Å². The smallest absolute Gasteiger partial charge is 0.274 e. The van der Waals surface area contributed by atoms with Gasteiger partial charge in [-0.2, -0.15) is 5.10 Å². The van der Waals surface area contributed by atoms with E-state index in [0.717, 1.165) is 23.2 Å². The Morgan fingerprint density at radius 2 is 1.90 bits per heavy atom. The summed E-state index contributed by atoms with van der Waals surface area (Å²) in [5, 5.41) is 4.05. The average Bonchev–Trinajstić information content (AvgIpc) is 2.78. The normalized spacial score (nSPS) is 16.4. The molecule has 31 heavy (non-hydrogen) atoms. The average molecular weight is 424 g/mol. The Balaban J connectivity index is 1.46. The van der Waals surface area contributed by atoms with Gasteiger partial charge >= 0.3 is 0 Å². The molecule has 1 amide bonds. The molecule has 1 aromatic carbocycles. The van der Waals surface area contributed by atoms with Crippen molar-refractivity contribution in [1.82, 2.24) is 19.7 Å². The van der Waals surface area contributed by atoms with Crippen molar-refractivity contribution in [2.75, 3.05) is 13.1 Å². The van der Waals surface area contributed by atoms with Gasteiger partial charge in [-0.25, -0.2) is 13.5 Å². The molecule has 4 rings (SSSR count). The van der Waals surface area contributed by atoms with Crippen LogP contribution in [0.15, 0.2) is 53.5 Å². The Bertz CT molecular complexity index is 1140. The minimum Gasteiger partial charge on any atom is -0.337 e. The molecule has 0 N–H and O–H groups in total. The van der Waals surface area contributed by atoms with Gasteiger partial charge in [0.25, 0.3) is 11.5 Å². The van der Waals surface area contributed by atoms with Crippen LogP contribution >= 0.6 is 0 Å². The van der Waals surface area contributed by atoms with Crippen molar-refractivity contribution < 1.29 is 13.6 Å². The molecule has 0 spiro atoms. The second-order valence-corrected chi connectivity index (χ2v) is 7.74. The molecule has 1 aliphatic rings. The van der Waals surface area contributed by atoms with Gasteiger partial charge in [0.1, 0.15) is 17.3 Å². The highest BCUT2D eigenvalue weighted by Crippen LogP contribution is 2.27. The predicted octanol–water partition coefficient (Wildman–Crippen LogP) is 3.06. The summed E-state index contributed by atoms with van der Waals surface area (Å²) in [6, 6.07) is 10.3. The number of rotatable bonds is 4. The lowest BCUT2D eigenvalue weighted by Crippen LogP contribution is -2.40. The number of aromatic nitrogens is 3. The van der Waals surface area contributed by atoms with Crippen LogP contribution in [0.4, 0.5) is 8.78 Å². The number of aryl methyl sites for hydroxylation is 1. The Morgan fingerprint density at radius 3 is 2.58 bits per heavy atom. The van der Waals surface area contributed by atoms with Crippen molar-refractivity contribution in [3.8, 4) is 0 Å². The highest BCUT2D eigenvalue weighted by molar-refractivity contribution is 5.92. The van der Waals surface area contributed by atoms with E-state index in [2.05, 4.69) is 10.1 Å². The van der Waals surface area contributed by atoms with Gasteiger partial charge in [-0.1, -0.05) is 12.1 Å². The van der Waals surface area contributed by atoms with Gasteiger partial charge in [0.05, 0.1) is 0 Å².